The third-order valence-corrected chi connectivity index (χ3v) is 2.18. The highest BCUT2D eigenvalue weighted by atomic mass is 79.9. The highest BCUT2D eigenvalue weighted by Crippen LogP contribution is 2.19. The van der Waals surface area contributed by atoms with Gasteiger partial charge in [0.2, 0.25) is 0 Å². The standard InChI is InChI=1S/C12H11BrO2/c1-9(14)10-5-6-12(15-2)11(8-10)4-3-7-13/h5-6,8H,7H2,1-2H3. The summed E-state index contributed by atoms with van der Waals surface area (Å²) >= 11 is 3.22. The Morgan fingerprint density at radius 2 is 2.27 bits per heavy atom. The Labute approximate surface area is 97.8 Å². The van der Waals surface area contributed by atoms with Crippen molar-refractivity contribution in [2.45, 2.75) is 6.92 Å². The maximum Gasteiger partial charge on any atom is 0.159 e. The molecule has 0 atom stereocenters. The summed E-state index contributed by atoms with van der Waals surface area (Å²) in [5, 5.41) is 0.598. The predicted molar refractivity (Wildman–Crippen MR) is 63.7 cm³/mol. The summed E-state index contributed by atoms with van der Waals surface area (Å²) in [4.78, 5) is 11.2. The molecule has 1 aromatic rings. The number of Topliss-reactive ketones (excluding diaryl/α,β-unsaturated/α-hetero) is 1. The number of methoxy groups -OCH3 is 1. The first kappa shape index (κ1) is 11.8. The molecule has 0 amide bonds. The molecule has 0 aliphatic carbocycles. The molecule has 2 nitrogen and oxygen atoms in total. The zero-order valence-corrected chi connectivity index (χ0v) is 10.2. The van der Waals surface area contributed by atoms with Crippen LogP contribution in [0, 0.1) is 11.8 Å². The van der Waals surface area contributed by atoms with Crippen LogP contribution in [0.15, 0.2) is 18.2 Å². The second kappa shape index (κ2) is 5.57. The lowest BCUT2D eigenvalue weighted by Gasteiger charge is -2.04. The molecule has 0 fully saturated rings. The monoisotopic (exact) mass is 266 g/mol. The fraction of sp³-hybridized carbons (Fsp3) is 0.250. The minimum atomic E-state index is 0.0274. The minimum absolute atomic E-state index is 0.0274. The molecule has 78 valence electrons. The van der Waals surface area contributed by atoms with E-state index in [4.69, 9.17) is 4.74 Å². The Hall–Kier alpha value is -1.27. The predicted octanol–water partition coefficient (Wildman–Crippen LogP) is 2.64. The molecule has 3 heteroatoms. The molecule has 0 N–H and O–H groups in total. The van der Waals surface area contributed by atoms with Crippen LogP contribution in [0.4, 0.5) is 0 Å². The Morgan fingerprint density at radius 3 is 2.80 bits per heavy atom. The molecule has 0 heterocycles. The van der Waals surface area contributed by atoms with Gasteiger partial charge in [0, 0.05) is 5.56 Å². The quantitative estimate of drug-likeness (QED) is 0.468. The van der Waals surface area contributed by atoms with E-state index in [1.807, 2.05) is 0 Å². The van der Waals surface area contributed by atoms with Crippen molar-refractivity contribution in [1.29, 1.82) is 0 Å². The fourth-order valence-electron chi connectivity index (χ4n) is 1.15. The van der Waals surface area contributed by atoms with Crippen molar-refractivity contribution in [3.8, 4) is 17.6 Å². The van der Waals surface area contributed by atoms with Gasteiger partial charge in [-0.2, -0.15) is 0 Å². The summed E-state index contributed by atoms with van der Waals surface area (Å²) in [6.07, 6.45) is 0. The van der Waals surface area contributed by atoms with Crippen molar-refractivity contribution < 1.29 is 9.53 Å². The second-order valence-electron chi connectivity index (χ2n) is 2.91. The van der Waals surface area contributed by atoms with Gasteiger partial charge in [-0.25, -0.2) is 0 Å². The maximum absolute atomic E-state index is 11.2. The largest absolute Gasteiger partial charge is 0.495 e. The summed E-state index contributed by atoms with van der Waals surface area (Å²) < 4.78 is 5.15. The number of hydrogen-bond acceptors (Lipinski definition) is 2. The van der Waals surface area contributed by atoms with Crippen LogP contribution in [0.2, 0.25) is 0 Å². The summed E-state index contributed by atoms with van der Waals surface area (Å²) in [6.45, 7) is 1.53. The summed E-state index contributed by atoms with van der Waals surface area (Å²) in [6, 6.07) is 5.24. The van der Waals surface area contributed by atoms with Gasteiger partial charge >= 0.3 is 0 Å². The van der Waals surface area contributed by atoms with Gasteiger partial charge in [0.05, 0.1) is 18.0 Å². The lowest BCUT2D eigenvalue weighted by molar-refractivity contribution is 0.101. The molecular formula is C12H11BrO2. The van der Waals surface area contributed by atoms with Crippen molar-refractivity contribution in [3.05, 3.63) is 29.3 Å². The lowest BCUT2D eigenvalue weighted by Crippen LogP contribution is -1.95. The zero-order valence-electron chi connectivity index (χ0n) is 8.63. The van der Waals surface area contributed by atoms with Gasteiger partial charge in [0.1, 0.15) is 5.75 Å². The number of ether oxygens (including phenoxy) is 1. The highest BCUT2D eigenvalue weighted by molar-refractivity contribution is 9.09. The van der Waals surface area contributed by atoms with Gasteiger partial charge in [0.25, 0.3) is 0 Å². The van der Waals surface area contributed by atoms with Gasteiger partial charge in [0.15, 0.2) is 5.78 Å². The van der Waals surface area contributed by atoms with Crippen LogP contribution in [0.3, 0.4) is 0 Å². The number of carbonyl (C=O) groups excluding carboxylic acids is 1. The Balaban J connectivity index is 3.19. The Morgan fingerprint density at radius 1 is 1.53 bits per heavy atom. The first-order valence-electron chi connectivity index (χ1n) is 4.43. The van der Waals surface area contributed by atoms with E-state index in [1.165, 1.54) is 6.92 Å². The second-order valence-corrected chi connectivity index (χ2v) is 3.47. The van der Waals surface area contributed by atoms with Crippen LogP contribution in [0.25, 0.3) is 0 Å². The molecule has 0 bridgehead atoms. The van der Waals surface area contributed by atoms with Crippen LogP contribution in [-0.2, 0) is 0 Å². The van der Waals surface area contributed by atoms with E-state index in [0.717, 1.165) is 5.56 Å². The smallest absolute Gasteiger partial charge is 0.159 e. The van der Waals surface area contributed by atoms with Crippen LogP contribution in [0.1, 0.15) is 22.8 Å². The Kier molecular flexibility index (Phi) is 4.38. The van der Waals surface area contributed by atoms with Crippen LogP contribution in [0.5, 0.6) is 5.75 Å². The first-order valence-corrected chi connectivity index (χ1v) is 5.55. The number of ketones is 1. The topological polar surface area (TPSA) is 26.3 Å². The van der Waals surface area contributed by atoms with E-state index in [1.54, 1.807) is 25.3 Å². The summed E-state index contributed by atoms with van der Waals surface area (Å²) in [5.41, 5.74) is 1.39. The van der Waals surface area contributed by atoms with E-state index in [-0.39, 0.29) is 5.78 Å². The third-order valence-electron chi connectivity index (χ3n) is 1.90. The number of hydrogen-bond donors (Lipinski definition) is 0. The number of alkyl halides is 1. The first-order chi connectivity index (χ1) is 7.19. The zero-order chi connectivity index (χ0) is 11.3. The van der Waals surface area contributed by atoms with Crippen LogP contribution < -0.4 is 4.74 Å². The van der Waals surface area contributed by atoms with Gasteiger partial charge < -0.3 is 4.74 Å². The molecule has 0 unspecified atom stereocenters. The van der Waals surface area contributed by atoms with E-state index < -0.39 is 0 Å². The molecule has 0 aliphatic rings. The highest BCUT2D eigenvalue weighted by Gasteiger charge is 2.04. The lowest BCUT2D eigenvalue weighted by atomic mass is 10.1. The van der Waals surface area contributed by atoms with Crippen LogP contribution in [-0.4, -0.2) is 18.2 Å². The third kappa shape index (κ3) is 3.10. The summed E-state index contributed by atoms with van der Waals surface area (Å²) in [7, 11) is 1.59. The van der Waals surface area contributed by atoms with Gasteiger partial charge in [-0.1, -0.05) is 27.8 Å². The summed E-state index contributed by atoms with van der Waals surface area (Å²) in [5.74, 6) is 6.53. The number of rotatable bonds is 2. The molecule has 0 saturated carbocycles. The number of benzene rings is 1. The molecule has 0 aromatic heterocycles. The van der Waals surface area contributed by atoms with E-state index in [9.17, 15) is 4.79 Å². The normalized spacial score (nSPS) is 9.00. The van der Waals surface area contributed by atoms with E-state index in [0.29, 0.717) is 16.6 Å². The number of halogens is 1. The van der Waals surface area contributed by atoms with E-state index >= 15 is 0 Å². The van der Waals surface area contributed by atoms with Gasteiger partial charge in [-0.05, 0) is 25.1 Å². The molecular weight excluding hydrogens is 256 g/mol. The SMILES string of the molecule is COc1ccc(C(C)=O)cc1C#CCBr. The van der Waals surface area contributed by atoms with Crippen molar-refractivity contribution >= 4 is 21.7 Å². The Bertz CT molecular complexity index is 427. The molecule has 0 aliphatic heterocycles. The molecule has 0 spiro atoms. The molecule has 0 saturated heterocycles. The number of carbonyl (C=O) groups is 1. The average Bonchev–Trinajstić information content (AvgIpc) is 2.25. The van der Waals surface area contributed by atoms with Crippen molar-refractivity contribution in [3.63, 3.8) is 0 Å². The molecule has 15 heavy (non-hydrogen) atoms. The maximum atomic E-state index is 11.2. The van der Waals surface area contributed by atoms with Crippen molar-refractivity contribution in [2.75, 3.05) is 12.4 Å². The molecule has 1 aromatic carbocycles. The molecule has 1 rings (SSSR count). The van der Waals surface area contributed by atoms with Crippen molar-refractivity contribution in [2.24, 2.45) is 0 Å². The fourth-order valence-corrected chi connectivity index (χ4v) is 1.29. The average molecular weight is 267 g/mol. The van der Waals surface area contributed by atoms with E-state index in [2.05, 4.69) is 27.8 Å². The molecule has 0 radical (unpaired) electrons. The van der Waals surface area contributed by atoms with Crippen LogP contribution >= 0.6 is 15.9 Å². The van der Waals surface area contributed by atoms with Crippen molar-refractivity contribution in [1.82, 2.24) is 0 Å². The minimum Gasteiger partial charge on any atom is -0.495 e. The van der Waals surface area contributed by atoms with Gasteiger partial charge in [-0.3, -0.25) is 4.79 Å². The van der Waals surface area contributed by atoms with Gasteiger partial charge in [-0.15, -0.1) is 0 Å².